The topological polar surface area (TPSA) is 80.9 Å². The van der Waals surface area contributed by atoms with Gasteiger partial charge in [0.25, 0.3) is 5.89 Å². The van der Waals surface area contributed by atoms with Gasteiger partial charge in [-0.05, 0) is 30.2 Å². The number of benzene rings is 2. The Morgan fingerprint density at radius 1 is 1.00 bits per heavy atom. The normalized spacial score (nSPS) is 10.7. The van der Waals surface area contributed by atoms with Crippen LogP contribution in [0.4, 0.5) is 0 Å². The van der Waals surface area contributed by atoms with E-state index >= 15 is 0 Å². The van der Waals surface area contributed by atoms with Crippen LogP contribution in [0.25, 0.3) is 22.8 Å². The van der Waals surface area contributed by atoms with E-state index in [2.05, 4.69) is 20.4 Å². The van der Waals surface area contributed by atoms with Crippen molar-refractivity contribution in [3.05, 3.63) is 84.1 Å². The monoisotopic (exact) mass is 416 g/mol. The molecule has 30 heavy (non-hydrogen) atoms. The Kier molecular flexibility index (Phi) is 6.20. The number of pyridine rings is 1. The molecule has 7 heteroatoms. The van der Waals surface area contributed by atoms with E-state index in [1.807, 2.05) is 73.7 Å². The van der Waals surface area contributed by atoms with Gasteiger partial charge in [0.1, 0.15) is 0 Å². The molecule has 0 aliphatic heterocycles. The second-order valence-corrected chi connectivity index (χ2v) is 7.66. The average molecular weight is 417 g/mol. The van der Waals surface area contributed by atoms with Gasteiger partial charge in [-0.2, -0.15) is 4.98 Å². The number of hydrogen-bond acceptors (Lipinski definition) is 6. The molecule has 0 saturated heterocycles. The minimum absolute atomic E-state index is 0.0291. The molecule has 0 radical (unpaired) electrons. The predicted octanol–water partition coefficient (Wildman–Crippen LogP) is 4.52. The molecule has 4 rings (SSSR count). The van der Waals surface area contributed by atoms with Gasteiger partial charge in [-0.3, -0.25) is 4.79 Å². The molecule has 2 aromatic heterocycles. The van der Waals surface area contributed by atoms with Gasteiger partial charge in [0.2, 0.25) is 11.7 Å². The van der Waals surface area contributed by atoms with E-state index in [0.717, 1.165) is 21.7 Å². The summed E-state index contributed by atoms with van der Waals surface area (Å²) in [5, 5.41) is 7.73. The van der Waals surface area contributed by atoms with Crippen molar-refractivity contribution in [3.8, 4) is 22.8 Å². The first-order chi connectivity index (χ1) is 14.7. The number of rotatable bonds is 7. The highest BCUT2D eigenvalue weighted by molar-refractivity contribution is 7.99. The number of aryl methyl sites for hydroxylation is 1. The molecule has 2 aromatic carbocycles. The number of thioether (sulfide) groups is 1. The van der Waals surface area contributed by atoms with Crippen LogP contribution in [0, 0.1) is 6.92 Å². The molecule has 0 bridgehead atoms. The van der Waals surface area contributed by atoms with E-state index in [0.29, 0.717) is 24.0 Å². The first-order valence-corrected chi connectivity index (χ1v) is 10.5. The fraction of sp³-hybridized carbons (Fsp3) is 0.130. The van der Waals surface area contributed by atoms with Crippen LogP contribution in [0.5, 0.6) is 0 Å². The third-order valence-electron chi connectivity index (χ3n) is 4.53. The smallest absolute Gasteiger partial charge is 0.259 e. The summed E-state index contributed by atoms with van der Waals surface area (Å²) in [6.07, 6.45) is 1.68. The van der Waals surface area contributed by atoms with Crippen LogP contribution in [0.3, 0.4) is 0 Å². The van der Waals surface area contributed by atoms with Crippen molar-refractivity contribution < 1.29 is 9.32 Å². The molecule has 150 valence electrons. The molecular formula is C23H20N4O2S. The second kappa shape index (κ2) is 9.37. The van der Waals surface area contributed by atoms with Crippen LogP contribution in [-0.4, -0.2) is 26.8 Å². The molecule has 0 unspecified atom stereocenters. The van der Waals surface area contributed by atoms with Crippen molar-refractivity contribution in [1.82, 2.24) is 20.4 Å². The summed E-state index contributed by atoms with van der Waals surface area (Å²) < 4.78 is 5.35. The lowest BCUT2D eigenvalue weighted by Gasteiger charge is -2.07. The van der Waals surface area contributed by atoms with Gasteiger partial charge in [0.05, 0.1) is 16.3 Å². The fourth-order valence-electron chi connectivity index (χ4n) is 2.83. The van der Waals surface area contributed by atoms with Gasteiger partial charge in [0.15, 0.2) is 0 Å². The van der Waals surface area contributed by atoms with Gasteiger partial charge >= 0.3 is 0 Å². The number of hydrogen-bond donors (Lipinski definition) is 1. The first kappa shape index (κ1) is 19.8. The van der Waals surface area contributed by atoms with Crippen molar-refractivity contribution in [2.75, 3.05) is 5.75 Å². The molecule has 0 aliphatic rings. The lowest BCUT2D eigenvalue weighted by atomic mass is 10.1. The number of aromatic nitrogens is 3. The predicted molar refractivity (Wildman–Crippen MR) is 117 cm³/mol. The van der Waals surface area contributed by atoms with E-state index in [1.165, 1.54) is 17.3 Å². The second-order valence-electron chi connectivity index (χ2n) is 6.67. The Bertz CT molecular complexity index is 1130. The molecule has 1 N–H and O–H groups in total. The zero-order chi connectivity index (χ0) is 20.8. The maximum atomic E-state index is 12.1. The third kappa shape index (κ3) is 4.93. The SMILES string of the molecule is Cc1ccccc1CNC(=O)CSc1ccc(-c2nc(-c3ccccc3)no2)cn1. The van der Waals surface area contributed by atoms with Crippen molar-refractivity contribution in [1.29, 1.82) is 0 Å². The highest BCUT2D eigenvalue weighted by Gasteiger charge is 2.11. The molecule has 0 fully saturated rings. The quantitative estimate of drug-likeness (QED) is 0.446. The minimum atomic E-state index is -0.0291. The fourth-order valence-corrected chi connectivity index (χ4v) is 3.50. The number of nitrogens with one attached hydrogen (secondary N) is 1. The number of nitrogens with zero attached hydrogens (tertiary/aromatic N) is 3. The molecule has 1 amide bonds. The lowest BCUT2D eigenvalue weighted by molar-refractivity contribution is -0.118. The van der Waals surface area contributed by atoms with Crippen molar-refractivity contribution >= 4 is 17.7 Å². The molecular weight excluding hydrogens is 396 g/mol. The van der Waals surface area contributed by atoms with Gasteiger partial charge < -0.3 is 9.84 Å². The number of amides is 1. The van der Waals surface area contributed by atoms with E-state index in [9.17, 15) is 4.79 Å². The average Bonchev–Trinajstić information content (AvgIpc) is 3.28. The zero-order valence-electron chi connectivity index (χ0n) is 16.4. The Morgan fingerprint density at radius 2 is 1.80 bits per heavy atom. The van der Waals surface area contributed by atoms with Crippen LogP contribution >= 0.6 is 11.8 Å². The van der Waals surface area contributed by atoms with Gasteiger partial charge in [0, 0.05) is 18.3 Å². The van der Waals surface area contributed by atoms with Gasteiger partial charge in [-0.15, -0.1) is 0 Å². The summed E-state index contributed by atoms with van der Waals surface area (Å²) in [7, 11) is 0. The summed E-state index contributed by atoms with van der Waals surface area (Å²) in [5.74, 6) is 1.22. The Labute approximate surface area is 178 Å². The van der Waals surface area contributed by atoms with Crippen LogP contribution in [0.1, 0.15) is 11.1 Å². The Hall–Kier alpha value is -3.45. The van der Waals surface area contributed by atoms with E-state index < -0.39 is 0 Å². The maximum absolute atomic E-state index is 12.1. The number of carbonyl (C=O) groups excluding carboxylic acids is 1. The third-order valence-corrected chi connectivity index (χ3v) is 5.47. The summed E-state index contributed by atoms with van der Waals surface area (Å²) in [6.45, 7) is 2.56. The van der Waals surface area contributed by atoms with Crippen LogP contribution < -0.4 is 5.32 Å². The maximum Gasteiger partial charge on any atom is 0.259 e. The summed E-state index contributed by atoms with van der Waals surface area (Å²) >= 11 is 1.38. The minimum Gasteiger partial charge on any atom is -0.351 e. The molecule has 4 aromatic rings. The lowest BCUT2D eigenvalue weighted by Crippen LogP contribution is -2.24. The van der Waals surface area contributed by atoms with Crippen molar-refractivity contribution in [3.63, 3.8) is 0 Å². The van der Waals surface area contributed by atoms with E-state index in [-0.39, 0.29) is 5.91 Å². The van der Waals surface area contributed by atoms with Crippen LogP contribution in [-0.2, 0) is 11.3 Å². The van der Waals surface area contributed by atoms with Crippen LogP contribution in [0.2, 0.25) is 0 Å². The molecule has 0 spiro atoms. The largest absolute Gasteiger partial charge is 0.351 e. The summed E-state index contributed by atoms with van der Waals surface area (Å²) in [4.78, 5) is 21.0. The number of carbonyl (C=O) groups is 1. The molecule has 0 atom stereocenters. The molecule has 0 saturated carbocycles. The Balaban J connectivity index is 1.31. The molecule has 6 nitrogen and oxygen atoms in total. The standard InChI is InChI=1S/C23H20N4O2S/c1-16-7-5-6-10-18(16)13-24-20(28)15-30-21-12-11-19(14-25-21)23-26-22(27-29-23)17-8-3-2-4-9-17/h2-12,14H,13,15H2,1H3,(H,24,28). The molecule has 2 heterocycles. The summed E-state index contributed by atoms with van der Waals surface area (Å²) in [6, 6.07) is 21.4. The Morgan fingerprint density at radius 3 is 2.57 bits per heavy atom. The summed E-state index contributed by atoms with van der Waals surface area (Å²) in [5.41, 5.74) is 3.91. The molecule has 0 aliphatic carbocycles. The van der Waals surface area contributed by atoms with Crippen LogP contribution in [0.15, 0.2) is 82.5 Å². The van der Waals surface area contributed by atoms with E-state index in [1.54, 1.807) is 6.20 Å². The zero-order valence-corrected chi connectivity index (χ0v) is 17.2. The first-order valence-electron chi connectivity index (χ1n) is 9.48. The van der Waals surface area contributed by atoms with E-state index in [4.69, 9.17) is 4.52 Å². The van der Waals surface area contributed by atoms with Crippen molar-refractivity contribution in [2.24, 2.45) is 0 Å². The van der Waals surface area contributed by atoms with Gasteiger partial charge in [-0.25, -0.2) is 4.98 Å². The highest BCUT2D eigenvalue weighted by Crippen LogP contribution is 2.23. The highest BCUT2D eigenvalue weighted by atomic mass is 32.2. The van der Waals surface area contributed by atoms with Gasteiger partial charge in [-0.1, -0.05) is 71.5 Å². The van der Waals surface area contributed by atoms with Crippen molar-refractivity contribution in [2.45, 2.75) is 18.5 Å².